The van der Waals surface area contributed by atoms with E-state index in [1.54, 1.807) is 24.4 Å². The van der Waals surface area contributed by atoms with Gasteiger partial charge in [0.15, 0.2) is 5.11 Å². The van der Waals surface area contributed by atoms with E-state index in [0.29, 0.717) is 10.7 Å². The molecule has 0 unspecified atom stereocenters. The Morgan fingerprint density at radius 2 is 1.12 bits per heavy atom. The van der Waals surface area contributed by atoms with E-state index in [9.17, 15) is 5.11 Å². The second kappa shape index (κ2) is 9.90. The van der Waals surface area contributed by atoms with Gasteiger partial charge in [-0.05, 0) is 41.0 Å². The molecule has 5 heteroatoms. The summed E-state index contributed by atoms with van der Waals surface area (Å²) in [6.07, 6.45) is 1.54. The molecule has 4 rings (SSSR count). The monoisotopic (exact) mass is 437 g/mol. The molecule has 4 nitrogen and oxygen atoms in total. The van der Waals surface area contributed by atoms with E-state index >= 15 is 0 Å². The Bertz CT molecular complexity index is 1100. The molecular weight excluding hydrogens is 414 g/mol. The zero-order valence-electron chi connectivity index (χ0n) is 17.3. The van der Waals surface area contributed by atoms with E-state index in [1.807, 2.05) is 60.7 Å². The first-order valence-electron chi connectivity index (χ1n) is 10.3. The summed E-state index contributed by atoms with van der Waals surface area (Å²) in [6.45, 7) is 0. The molecule has 0 radical (unpaired) electrons. The summed E-state index contributed by atoms with van der Waals surface area (Å²) < 4.78 is 0. The maximum Gasteiger partial charge on any atom is 0.188 e. The van der Waals surface area contributed by atoms with Crippen molar-refractivity contribution in [3.63, 3.8) is 0 Å². The van der Waals surface area contributed by atoms with Gasteiger partial charge in [0.1, 0.15) is 11.3 Å². The van der Waals surface area contributed by atoms with Crippen molar-refractivity contribution in [2.45, 2.75) is 5.54 Å². The average Bonchev–Trinajstić information content (AvgIpc) is 2.85. The molecule has 4 aromatic rings. The van der Waals surface area contributed by atoms with Crippen LogP contribution in [0.25, 0.3) is 0 Å². The van der Waals surface area contributed by atoms with Crippen LogP contribution in [0.3, 0.4) is 0 Å². The Balaban J connectivity index is 1.73. The Kier molecular flexibility index (Phi) is 6.58. The molecule has 4 aromatic carbocycles. The fraction of sp³-hybridized carbons (Fsp3) is 0.0370. The van der Waals surface area contributed by atoms with Gasteiger partial charge in [0, 0.05) is 5.56 Å². The van der Waals surface area contributed by atoms with Crippen LogP contribution < -0.4 is 10.7 Å². The van der Waals surface area contributed by atoms with E-state index in [-0.39, 0.29) is 5.75 Å². The summed E-state index contributed by atoms with van der Waals surface area (Å²) in [5.74, 6) is 0.157. The predicted octanol–water partition coefficient (Wildman–Crippen LogP) is 5.18. The van der Waals surface area contributed by atoms with Gasteiger partial charge in [0.05, 0.1) is 6.21 Å². The van der Waals surface area contributed by atoms with Gasteiger partial charge in [0.2, 0.25) is 0 Å². The van der Waals surface area contributed by atoms with Crippen LogP contribution >= 0.6 is 12.2 Å². The van der Waals surface area contributed by atoms with Crippen molar-refractivity contribution >= 4 is 23.5 Å². The van der Waals surface area contributed by atoms with Gasteiger partial charge in [-0.1, -0.05) is 103 Å². The number of nitrogens with zero attached hydrogens (tertiary/aromatic N) is 1. The molecule has 0 amide bonds. The summed E-state index contributed by atoms with van der Waals surface area (Å²) in [7, 11) is 0. The standard InChI is InChI=1S/C27H23N3OS/c31-25-19-11-10-12-21(25)20-28-30-26(32)29-27(22-13-4-1-5-14-22,23-15-6-2-7-16-23)24-17-8-3-9-18-24/h1-20,31H,(H2,29,30,32)/b28-20+. The van der Waals surface area contributed by atoms with E-state index in [1.165, 1.54) is 0 Å². The van der Waals surface area contributed by atoms with Gasteiger partial charge in [-0.3, -0.25) is 5.43 Å². The van der Waals surface area contributed by atoms with Crippen molar-refractivity contribution in [2.24, 2.45) is 5.10 Å². The molecule has 0 bridgehead atoms. The summed E-state index contributed by atoms with van der Waals surface area (Å²) in [5.41, 5.74) is 5.92. The van der Waals surface area contributed by atoms with Crippen LogP contribution in [-0.4, -0.2) is 16.4 Å². The van der Waals surface area contributed by atoms with Crippen molar-refractivity contribution in [1.82, 2.24) is 10.7 Å². The Hall–Kier alpha value is -3.96. The van der Waals surface area contributed by atoms with Crippen LogP contribution in [0.4, 0.5) is 0 Å². The van der Waals surface area contributed by atoms with Crippen LogP contribution in [0, 0.1) is 0 Å². The third-order valence-corrected chi connectivity index (χ3v) is 5.42. The molecule has 0 aromatic heterocycles. The molecule has 0 spiro atoms. The predicted molar refractivity (Wildman–Crippen MR) is 134 cm³/mol. The van der Waals surface area contributed by atoms with E-state index in [4.69, 9.17) is 12.2 Å². The molecule has 0 aliphatic carbocycles. The Morgan fingerprint density at radius 3 is 1.59 bits per heavy atom. The lowest BCUT2D eigenvalue weighted by Gasteiger charge is -2.37. The number of hydrogen-bond donors (Lipinski definition) is 3. The SMILES string of the molecule is Oc1ccccc1/C=N/NC(=S)NC(c1ccccc1)(c1ccccc1)c1ccccc1. The van der Waals surface area contributed by atoms with Crippen molar-refractivity contribution in [1.29, 1.82) is 0 Å². The van der Waals surface area contributed by atoms with Crippen LogP contribution in [-0.2, 0) is 5.54 Å². The highest BCUT2D eigenvalue weighted by Crippen LogP contribution is 2.36. The van der Waals surface area contributed by atoms with Crippen molar-refractivity contribution in [3.8, 4) is 5.75 Å². The van der Waals surface area contributed by atoms with E-state index in [0.717, 1.165) is 16.7 Å². The number of benzene rings is 4. The summed E-state index contributed by atoms with van der Waals surface area (Å²) in [5, 5.41) is 18.0. The molecule has 0 saturated carbocycles. The topological polar surface area (TPSA) is 56.7 Å². The molecule has 158 valence electrons. The van der Waals surface area contributed by atoms with Gasteiger partial charge in [-0.15, -0.1) is 0 Å². The smallest absolute Gasteiger partial charge is 0.188 e. The quantitative estimate of drug-likeness (QED) is 0.168. The molecule has 0 aliphatic heterocycles. The molecule has 0 atom stereocenters. The third kappa shape index (κ3) is 4.53. The first kappa shape index (κ1) is 21.3. The second-order valence-electron chi connectivity index (χ2n) is 7.23. The van der Waals surface area contributed by atoms with Crippen molar-refractivity contribution in [2.75, 3.05) is 0 Å². The summed E-state index contributed by atoms with van der Waals surface area (Å²) in [6, 6.07) is 37.6. The first-order chi connectivity index (χ1) is 15.7. The molecule has 32 heavy (non-hydrogen) atoms. The average molecular weight is 438 g/mol. The highest BCUT2D eigenvalue weighted by Gasteiger charge is 2.36. The second-order valence-corrected chi connectivity index (χ2v) is 7.64. The number of para-hydroxylation sites is 1. The fourth-order valence-electron chi connectivity index (χ4n) is 3.74. The van der Waals surface area contributed by atoms with Gasteiger partial charge in [0.25, 0.3) is 0 Å². The zero-order chi connectivity index (χ0) is 22.2. The van der Waals surface area contributed by atoms with Crippen LogP contribution in [0.1, 0.15) is 22.3 Å². The molecule has 0 aliphatic rings. The number of rotatable bonds is 6. The van der Waals surface area contributed by atoms with Crippen LogP contribution in [0.15, 0.2) is 120 Å². The highest BCUT2D eigenvalue weighted by atomic mass is 32.1. The fourth-order valence-corrected chi connectivity index (χ4v) is 3.94. The number of phenolic OH excluding ortho intramolecular Hbond substituents is 1. The van der Waals surface area contributed by atoms with Crippen molar-refractivity contribution in [3.05, 3.63) is 138 Å². The minimum Gasteiger partial charge on any atom is -0.507 e. The Labute approximate surface area is 193 Å². The van der Waals surface area contributed by atoms with Gasteiger partial charge in [-0.25, -0.2) is 0 Å². The minimum atomic E-state index is -0.724. The molecular formula is C27H23N3OS. The van der Waals surface area contributed by atoms with E-state index in [2.05, 4.69) is 52.2 Å². The maximum atomic E-state index is 9.94. The normalized spacial score (nSPS) is 11.2. The number of hydrogen-bond acceptors (Lipinski definition) is 3. The lowest BCUT2D eigenvalue weighted by molar-refractivity contribution is 0.474. The minimum absolute atomic E-state index is 0.157. The summed E-state index contributed by atoms with van der Waals surface area (Å²) >= 11 is 5.65. The lowest BCUT2D eigenvalue weighted by Crippen LogP contribution is -2.50. The molecule has 0 heterocycles. The first-order valence-corrected chi connectivity index (χ1v) is 10.7. The maximum absolute atomic E-state index is 9.94. The molecule has 3 N–H and O–H groups in total. The number of nitrogens with one attached hydrogen (secondary N) is 2. The third-order valence-electron chi connectivity index (χ3n) is 5.23. The lowest BCUT2D eigenvalue weighted by atomic mass is 9.77. The van der Waals surface area contributed by atoms with Crippen molar-refractivity contribution < 1.29 is 5.11 Å². The molecule has 0 saturated heterocycles. The molecule has 0 fully saturated rings. The highest BCUT2D eigenvalue weighted by molar-refractivity contribution is 7.80. The largest absolute Gasteiger partial charge is 0.507 e. The number of thiocarbonyl (C=S) groups is 1. The number of hydrazone groups is 1. The number of phenols is 1. The van der Waals surface area contributed by atoms with Crippen LogP contribution in [0.5, 0.6) is 5.75 Å². The van der Waals surface area contributed by atoms with Gasteiger partial charge >= 0.3 is 0 Å². The summed E-state index contributed by atoms with van der Waals surface area (Å²) in [4.78, 5) is 0. The van der Waals surface area contributed by atoms with Crippen LogP contribution in [0.2, 0.25) is 0 Å². The zero-order valence-corrected chi connectivity index (χ0v) is 18.2. The van der Waals surface area contributed by atoms with Gasteiger partial charge < -0.3 is 10.4 Å². The number of aromatic hydroxyl groups is 1. The Morgan fingerprint density at radius 1 is 0.688 bits per heavy atom. The van der Waals surface area contributed by atoms with E-state index < -0.39 is 5.54 Å². The van der Waals surface area contributed by atoms with Gasteiger partial charge in [-0.2, -0.15) is 5.10 Å².